The molecule has 1 heterocycles. The summed E-state index contributed by atoms with van der Waals surface area (Å²) in [6.45, 7) is 1.55. The number of amides is 2. The number of urea groups is 1. The average molecular weight is 294 g/mol. The molecule has 0 unspecified atom stereocenters. The van der Waals surface area contributed by atoms with Gasteiger partial charge in [-0.3, -0.25) is 0 Å². The summed E-state index contributed by atoms with van der Waals surface area (Å²) in [6.07, 6.45) is 0. The second kappa shape index (κ2) is 5.99. The van der Waals surface area contributed by atoms with E-state index in [0.717, 1.165) is 6.07 Å². The number of para-hydroxylation sites is 1. The zero-order chi connectivity index (χ0) is 15.4. The Morgan fingerprint density at radius 1 is 1.43 bits per heavy atom. The quantitative estimate of drug-likeness (QED) is 0.787. The van der Waals surface area contributed by atoms with Crippen LogP contribution in [0.5, 0.6) is 0 Å². The largest absolute Gasteiger partial charge is 0.478 e. The van der Waals surface area contributed by atoms with Crippen molar-refractivity contribution in [1.29, 1.82) is 0 Å². The van der Waals surface area contributed by atoms with Crippen molar-refractivity contribution in [2.75, 3.05) is 5.32 Å². The normalized spacial score (nSPS) is 10.2. The second-order valence-corrected chi connectivity index (χ2v) is 4.00. The minimum Gasteiger partial charge on any atom is -0.478 e. The number of aryl methyl sites for hydroxylation is 1. The Morgan fingerprint density at radius 2 is 2.19 bits per heavy atom. The van der Waals surface area contributed by atoms with E-state index in [9.17, 15) is 14.0 Å². The molecule has 0 radical (unpaired) electrons. The summed E-state index contributed by atoms with van der Waals surface area (Å²) in [5.74, 6) is -1.61. The van der Waals surface area contributed by atoms with E-state index in [0.29, 0.717) is 5.89 Å². The zero-order valence-electron chi connectivity index (χ0n) is 10.9. The fourth-order valence-corrected chi connectivity index (χ4v) is 1.56. The van der Waals surface area contributed by atoms with Crippen molar-refractivity contribution in [3.05, 3.63) is 41.3 Å². The van der Waals surface area contributed by atoms with Gasteiger partial charge in [-0.2, -0.15) is 4.98 Å². The number of carbonyl (C=O) groups is 2. The molecule has 0 aliphatic carbocycles. The van der Waals surface area contributed by atoms with Crippen LogP contribution in [0, 0.1) is 12.7 Å². The van der Waals surface area contributed by atoms with Crippen LogP contribution in [-0.2, 0) is 6.54 Å². The highest BCUT2D eigenvalue weighted by atomic mass is 19.1. The summed E-state index contributed by atoms with van der Waals surface area (Å²) >= 11 is 0. The molecule has 2 amide bonds. The summed E-state index contributed by atoms with van der Waals surface area (Å²) in [4.78, 5) is 26.5. The molecule has 2 aromatic rings. The van der Waals surface area contributed by atoms with Crippen molar-refractivity contribution in [2.45, 2.75) is 13.5 Å². The van der Waals surface area contributed by atoms with Crippen LogP contribution in [0.2, 0.25) is 0 Å². The first-order valence-corrected chi connectivity index (χ1v) is 5.83. The van der Waals surface area contributed by atoms with E-state index in [-0.39, 0.29) is 17.9 Å². The van der Waals surface area contributed by atoms with Gasteiger partial charge in [-0.25, -0.2) is 14.0 Å². The Hall–Kier alpha value is -2.97. The van der Waals surface area contributed by atoms with Crippen LogP contribution in [0.3, 0.4) is 0 Å². The van der Waals surface area contributed by atoms with Crippen molar-refractivity contribution >= 4 is 17.7 Å². The van der Waals surface area contributed by atoms with E-state index in [1.807, 2.05) is 0 Å². The standard InChI is InChI=1S/C12H11FN4O4/c1-6-15-9(17-21-6)5-14-12(20)16-10-7(11(18)19)3-2-4-8(10)13/h2-4H,5H2,1H3,(H,18,19)(H2,14,16,20). The van der Waals surface area contributed by atoms with Gasteiger partial charge in [0.2, 0.25) is 5.89 Å². The molecule has 1 aromatic carbocycles. The minimum absolute atomic E-state index is 0.0416. The van der Waals surface area contributed by atoms with E-state index < -0.39 is 23.5 Å². The first kappa shape index (κ1) is 14.4. The summed E-state index contributed by atoms with van der Waals surface area (Å²) in [7, 11) is 0. The maximum atomic E-state index is 13.6. The topological polar surface area (TPSA) is 117 Å². The van der Waals surface area contributed by atoms with Crippen molar-refractivity contribution in [1.82, 2.24) is 15.5 Å². The van der Waals surface area contributed by atoms with Gasteiger partial charge in [0.15, 0.2) is 5.82 Å². The van der Waals surface area contributed by atoms with Crippen molar-refractivity contribution in [3.8, 4) is 0 Å². The van der Waals surface area contributed by atoms with Crippen LogP contribution < -0.4 is 10.6 Å². The molecule has 0 fully saturated rings. The molecule has 0 saturated carbocycles. The predicted octanol–water partition coefficient (Wildman–Crippen LogP) is 1.54. The highest BCUT2D eigenvalue weighted by molar-refractivity contribution is 6.00. The molecule has 21 heavy (non-hydrogen) atoms. The van der Waals surface area contributed by atoms with Gasteiger partial charge < -0.3 is 20.3 Å². The molecular weight excluding hydrogens is 283 g/mol. The average Bonchev–Trinajstić information content (AvgIpc) is 2.84. The number of anilines is 1. The van der Waals surface area contributed by atoms with Crippen LogP contribution in [0.1, 0.15) is 22.1 Å². The summed E-state index contributed by atoms with van der Waals surface area (Å²) in [6, 6.07) is 2.68. The Balaban J connectivity index is 2.04. The highest BCUT2D eigenvalue weighted by Crippen LogP contribution is 2.19. The number of carboxylic acids is 1. The maximum Gasteiger partial charge on any atom is 0.337 e. The lowest BCUT2D eigenvalue weighted by atomic mass is 10.1. The molecule has 0 aliphatic heterocycles. The maximum absolute atomic E-state index is 13.6. The number of rotatable bonds is 4. The van der Waals surface area contributed by atoms with Gasteiger partial charge in [0.25, 0.3) is 0 Å². The fraction of sp³-hybridized carbons (Fsp3) is 0.167. The number of halogens is 1. The van der Waals surface area contributed by atoms with Crippen molar-refractivity contribution in [2.24, 2.45) is 0 Å². The number of aromatic carboxylic acids is 1. The van der Waals surface area contributed by atoms with Gasteiger partial charge in [-0.1, -0.05) is 11.2 Å². The number of nitrogens with one attached hydrogen (secondary N) is 2. The summed E-state index contributed by atoms with van der Waals surface area (Å²) in [5, 5.41) is 17.0. The van der Waals surface area contributed by atoms with Gasteiger partial charge in [0.05, 0.1) is 17.8 Å². The molecule has 0 aliphatic rings. The SMILES string of the molecule is Cc1nc(CNC(=O)Nc2c(F)cccc2C(=O)O)no1. The number of aromatic nitrogens is 2. The summed E-state index contributed by atoms with van der Waals surface area (Å²) < 4.78 is 18.3. The van der Waals surface area contributed by atoms with Gasteiger partial charge in [-0.15, -0.1) is 0 Å². The number of benzene rings is 1. The van der Waals surface area contributed by atoms with E-state index in [2.05, 4.69) is 20.8 Å². The number of hydrogen-bond acceptors (Lipinski definition) is 5. The lowest BCUT2D eigenvalue weighted by Crippen LogP contribution is -2.29. The molecule has 8 nitrogen and oxygen atoms in total. The molecule has 2 rings (SSSR count). The third kappa shape index (κ3) is 3.53. The third-order valence-corrected chi connectivity index (χ3v) is 2.46. The smallest absolute Gasteiger partial charge is 0.337 e. The number of hydrogen-bond donors (Lipinski definition) is 3. The van der Waals surface area contributed by atoms with E-state index >= 15 is 0 Å². The van der Waals surface area contributed by atoms with Crippen LogP contribution >= 0.6 is 0 Å². The van der Waals surface area contributed by atoms with Gasteiger partial charge in [0, 0.05) is 6.92 Å². The molecule has 9 heteroatoms. The molecule has 0 bridgehead atoms. The lowest BCUT2D eigenvalue weighted by molar-refractivity contribution is 0.0697. The Morgan fingerprint density at radius 3 is 2.81 bits per heavy atom. The van der Waals surface area contributed by atoms with E-state index in [1.54, 1.807) is 6.92 Å². The van der Waals surface area contributed by atoms with Crippen LogP contribution in [0.4, 0.5) is 14.9 Å². The Kier molecular flexibility index (Phi) is 4.12. The van der Waals surface area contributed by atoms with Crippen molar-refractivity contribution in [3.63, 3.8) is 0 Å². The van der Waals surface area contributed by atoms with Gasteiger partial charge >= 0.3 is 12.0 Å². The van der Waals surface area contributed by atoms with E-state index in [4.69, 9.17) is 9.63 Å². The molecular formula is C12H11FN4O4. The molecule has 0 spiro atoms. The zero-order valence-corrected chi connectivity index (χ0v) is 10.9. The lowest BCUT2D eigenvalue weighted by Gasteiger charge is -2.09. The van der Waals surface area contributed by atoms with Crippen molar-refractivity contribution < 1.29 is 23.6 Å². The van der Waals surface area contributed by atoms with Crippen LogP contribution in [0.25, 0.3) is 0 Å². The van der Waals surface area contributed by atoms with Crippen LogP contribution in [0.15, 0.2) is 22.7 Å². The summed E-state index contributed by atoms with van der Waals surface area (Å²) in [5.41, 5.74) is -0.757. The predicted molar refractivity (Wildman–Crippen MR) is 68.3 cm³/mol. The van der Waals surface area contributed by atoms with Gasteiger partial charge in [-0.05, 0) is 12.1 Å². The molecule has 1 aromatic heterocycles. The first-order chi connectivity index (χ1) is 9.97. The molecule has 110 valence electrons. The number of carbonyl (C=O) groups excluding carboxylic acids is 1. The Bertz CT molecular complexity index is 686. The van der Waals surface area contributed by atoms with Crippen LogP contribution in [-0.4, -0.2) is 27.2 Å². The monoisotopic (exact) mass is 294 g/mol. The highest BCUT2D eigenvalue weighted by Gasteiger charge is 2.16. The fourth-order valence-electron chi connectivity index (χ4n) is 1.56. The number of carboxylic acid groups (broad SMARTS) is 1. The molecule has 0 saturated heterocycles. The minimum atomic E-state index is -1.35. The molecule has 3 N–H and O–H groups in total. The van der Waals surface area contributed by atoms with E-state index in [1.165, 1.54) is 12.1 Å². The Labute approximate surface area is 118 Å². The molecule has 0 atom stereocenters. The second-order valence-electron chi connectivity index (χ2n) is 4.00. The number of nitrogens with zero attached hydrogens (tertiary/aromatic N) is 2. The first-order valence-electron chi connectivity index (χ1n) is 5.83. The third-order valence-electron chi connectivity index (χ3n) is 2.46. The van der Waals surface area contributed by atoms with Gasteiger partial charge in [0.1, 0.15) is 5.82 Å².